The lowest BCUT2D eigenvalue weighted by Gasteiger charge is -2.23. The highest BCUT2D eigenvalue weighted by Crippen LogP contribution is 2.28. The predicted molar refractivity (Wildman–Crippen MR) is 132 cm³/mol. The van der Waals surface area contributed by atoms with Gasteiger partial charge in [-0.15, -0.1) is 0 Å². The van der Waals surface area contributed by atoms with Crippen molar-refractivity contribution in [2.75, 3.05) is 55.4 Å². The average Bonchev–Trinajstić information content (AvgIpc) is 3.51. The van der Waals surface area contributed by atoms with Gasteiger partial charge in [-0.3, -0.25) is 4.79 Å². The predicted octanol–water partition coefficient (Wildman–Crippen LogP) is 2.48. The van der Waals surface area contributed by atoms with Crippen LogP contribution in [0.25, 0.3) is 6.08 Å². The second-order valence-electron chi connectivity index (χ2n) is 9.00. The van der Waals surface area contributed by atoms with Crippen LogP contribution >= 0.6 is 0 Å². The topological polar surface area (TPSA) is 86.5 Å². The Morgan fingerprint density at radius 3 is 2.48 bits per heavy atom. The second-order valence-corrected chi connectivity index (χ2v) is 9.00. The van der Waals surface area contributed by atoms with Crippen LogP contribution in [-0.2, 0) is 4.79 Å². The molecule has 0 aromatic heterocycles. The lowest BCUT2D eigenvalue weighted by atomic mass is 10.1. The van der Waals surface area contributed by atoms with Crippen LogP contribution < -0.4 is 20.3 Å². The molecule has 0 bridgehead atoms. The zero-order valence-electron chi connectivity index (χ0n) is 19.3. The van der Waals surface area contributed by atoms with Gasteiger partial charge in [0.1, 0.15) is 5.69 Å². The molecule has 4 rings (SSSR count). The molecule has 3 N–H and O–H groups in total. The number of likely N-dealkylation sites (N-methyl/N-ethyl adjacent to an activating group) is 1. The Morgan fingerprint density at radius 1 is 1.12 bits per heavy atom. The van der Waals surface area contributed by atoms with Crippen molar-refractivity contribution in [3.8, 4) is 0 Å². The van der Waals surface area contributed by atoms with Gasteiger partial charge in [0.15, 0.2) is 5.69 Å². The number of nitrogens with one attached hydrogen (secondary N) is 2. The van der Waals surface area contributed by atoms with E-state index in [9.17, 15) is 15.2 Å². The molecule has 0 spiro atoms. The van der Waals surface area contributed by atoms with E-state index in [1.165, 1.54) is 6.08 Å². The van der Waals surface area contributed by atoms with E-state index in [-0.39, 0.29) is 11.6 Å². The summed E-state index contributed by atoms with van der Waals surface area (Å²) in [4.78, 5) is 19.1. The molecule has 0 radical (unpaired) electrons. The Bertz CT molecular complexity index is 984. The lowest BCUT2D eigenvalue weighted by Crippen LogP contribution is -2.99. The molecule has 176 valence electrons. The van der Waals surface area contributed by atoms with E-state index in [4.69, 9.17) is 0 Å². The molecule has 0 aliphatic carbocycles. The summed E-state index contributed by atoms with van der Waals surface area (Å²) in [7, 11) is 4.23. The van der Waals surface area contributed by atoms with Crippen molar-refractivity contribution in [1.29, 1.82) is 0 Å². The summed E-state index contributed by atoms with van der Waals surface area (Å²) in [5, 5.41) is 23.3. The van der Waals surface area contributed by atoms with Gasteiger partial charge in [-0.2, -0.15) is 5.23 Å². The Hall–Kier alpha value is -2.91. The van der Waals surface area contributed by atoms with E-state index in [0.29, 0.717) is 11.6 Å². The first kappa shape index (κ1) is 23.3. The molecule has 2 aromatic carbocycles. The zero-order valence-corrected chi connectivity index (χ0v) is 19.3. The fraction of sp³-hybridized carbons (Fsp3) is 0.400. The molecule has 33 heavy (non-hydrogen) atoms. The summed E-state index contributed by atoms with van der Waals surface area (Å²) in [6.07, 6.45) is 6.40. The highest BCUT2D eigenvalue weighted by Gasteiger charge is 2.24. The quantitative estimate of drug-likeness (QED) is 0.443. The molecular formula is C25H33N5O3. The standard InChI is InChI=1S/C25H33N5O3/c1-27(2)22-13-16-29(18-22)21-9-7-20(8-10-21)26-25(31)12-6-19-5-11-23(24(17-19)30(32)33)28-14-3-4-15-28/h5-12,17,22,30,32H,3-4,13-16,18H2,1-2H3,(H,26,31)/b12-6+. The molecule has 0 saturated carbocycles. The van der Waals surface area contributed by atoms with Crippen LogP contribution in [0.15, 0.2) is 48.5 Å². The minimum atomic E-state index is -0.952. The summed E-state index contributed by atoms with van der Waals surface area (Å²) in [5.74, 6) is -0.253. The van der Waals surface area contributed by atoms with Gasteiger partial charge in [0.2, 0.25) is 5.91 Å². The van der Waals surface area contributed by atoms with E-state index in [0.717, 1.165) is 62.5 Å². The van der Waals surface area contributed by atoms with Gasteiger partial charge >= 0.3 is 0 Å². The number of hydrogen-bond acceptors (Lipinski definition) is 6. The van der Waals surface area contributed by atoms with Gasteiger partial charge in [0.25, 0.3) is 0 Å². The Kier molecular flexibility index (Phi) is 7.29. The third kappa shape index (κ3) is 5.72. The zero-order chi connectivity index (χ0) is 23.4. The Morgan fingerprint density at radius 2 is 1.85 bits per heavy atom. The molecule has 2 atom stereocenters. The van der Waals surface area contributed by atoms with Crippen molar-refractivity contribution < 1.29 is 15.2 Å². The summed E-state index contributed by atoms with van der Waals surface area (Å²) in [6, 6.07) is 13.8. The molecule has 2 saturated heterocycles. The minimum absolute atomic E-state index is 0.253. The smallest absolute Gasteiger partial charge is 0.248 e. The number of amides is 1. The Labute approximate surface area is 195 Å². The van der Waals surface area contributed by atoms with Crippen molar-refractivity contribution in [2.45, 2.75) is 25.3 Å². The molecule has 2 heterocycles. The van der Waals surface area contributed by atoms with Crippen molar-refractivity contribution in [3.63, 3.8) is 0 Å². The first-order chi connectivity index (χ1) is 15.9. The van der Waals surface area contributed by atoms with Crippen LogP contribution in [0, 0.1) is 5.21 Å². The minimum Gasteiger partial charge on any atom is -0.595 e. The second kappa shape index (κ2) is 10.4. The summed E-state index contributed by atoms with van der Waals surface area (Å²) in [5.41, 5.74) is 3.59. The highest BCUT2D eigenvalue weighted by molar-refractivity contribution is 6.02. The van der Waals surface area contributed by atoms with Gasteiger partial charge in [-0.05, 0) is 75.3 Å². The lowest BCUT2D eigenvalue weighted by molar-refractivity contribution is -0.990. The number of quaternary nitrogens is 1. The number of benzene rings is 2. The van der Waals surface area contributed by atoms with E-state index in [1.807, 2.05) is 36.4 Å². The molecule has 2 fully saturated rings. The number of carbonyl (C=O) groups is 1. The monoisotopic (exact) mass is 451 g/mol. The van der Waals surface area contributed by atoms with Crippen molar-refractivity contribution >= 4 is 34.7 Å². The molecule has 8 heteroatoms. The van der Waals surface area contributed by atoms with Crippen LogP contribution in [-0.4, -0.2) is 62.3 Å². The first-order valence-corrected chi connectivity index (χ1v) is 11.5. The van der Waals surface area contributed by atoms with E-state index in [2.05, 4.69) is 34.1 Å². The summed E-state index contributed by atoms with van der Waals surface area (Å²) < 4.78 is 0. The number of carbonyl (C=O) groups excluding carboxylic acids is 1. The molecule has 2 aliphatic rings. The van der Waals surface area contributed by atoms with Gasteiger partial charge in [0.05, 0.1) is 0 Å². The maximum Gasteiger partial charge on any atom is 0.248 e. The summed E-state index contributed by atoms with van der Waals surface area (Å²) in [6.45, 7) is 3.80. The maximum atomic E-state index is 12.4. The van der Waals surface area contributed by atoms with Gasteiger partial charge in [-0.25, -0.2) is 5.21 Å². The normalized spacial score (nSPS) is 19.6. The van der Waals surface area contributed by atoms with E-state index >= 15 is 0 Å². The van der Waals surface area contributed by atoms with Crippen molar-refractivity contribution in [2.24, 2.45) is 0 Å². The van der Waals surface area contributed by atoms with Crippen LogP contribution in [0.2, 0.25) is 0 Å². The average molecular weight is 452 g/mol. The van der Waals surface area contributed by atoms with Gasteiger partial charge in [-0.1, -0.05) is 6.07 Å². The number of hydrogen-bond donors (Lipinski definition) is 3. The SMILES string of the molecule is CN(C)C1CCN(c2ccc(NC(=O)/C=C/c3ccc(N4CCCC4)c([NH+]([O-])O)c3)cc2)C1. The van der Waals surface area contributed by atoms with Crippen molar-refractivity contribution in [3.05, 3.63) is 59.3 Å². The molecular weight excluding hydrogens is 418 g/mol. The fourth-order valence-electron chi connectivity index (χ4n) is 4.57. The van der Waals surface area contributed by atoms with Crippen LogP contribution in [0.4, 0.5) is 22.7 Å². The van der Waals surface area contributed by atoms with Gasteiger partial charge < -0.3 is 25.2 Å². The third-order valence-electron chi connectivity index (χ3n) is 6.52. The van der Waals surface area contributed by atoms with Crippen LogP contribution in [0.5, 0.6) is 0 Å². The largest absolute Gasteiger partial charge is 0.595 e. The van der Waals surface area contributed by atoms with E-state index in [1.54, 1.807) is 12.1 Å². The highest BCUT2D eigenvalue weighted by atomic mass is 16.8. The molecule has 8 nitrogen and oxygen atoms in total. The molecule has 2 unspecified atom stereocenters. The summed E-state index contributed by atoms with van der Waals surface area (Å²) >= 11 is 0. The number of nitrogens with zero attached hydrogens (tertiary/aromatic N) is 3. The third-order valence-corrected chi connectivity index (χ3v) is 6.52. The van der Waals surface area contributed by atoms with Crippen LogP contribution in [0.1, 0.15) is 24.8 Å². The Balaban J connectivity index is 1.36. The number of rotatable bonds is 7. The van der Waals surface area contributed by atoms with Gasteiger partial charge in [0, 0.05) is 55.7 Å². The van der Waals surface area contributed by atoms with Crippen molar-refractivity contribution in [1.82, 2.24) is 4.90 Å². The van der Waals surface area contributed by atoms with Crippen LogP contribution in [0.3, 0.4) is 0 Å². The van der Waals surface area contributed by atoms with E-state index < -0.39 is 5.23 Å². The maximum absolute atomic E-state index is 12.4. The fourth-order valence-corrected chi connectivity index (χ4v) is 4.57. The molecule has 1 amide bonds. The first-order valence-electron chi connectivity index (χ1n) is 11.5. The molecule has 2 aliphatic heterocycles. The number of anilines is 3. The molecule has 2 aromatic rings.